The highest BCUT2D eigenvalue weighted by molar-refractivity contribution is 6.03. The van der Waals surface area contributed by atoms with Crippen molar-refractivity contribution in [2.45, 2.75) is 13.5 Å². The van der Waals surface area contributed by atoms with Gasteiger partial charge in [0, 0.05) is 18.2 Å². The van der Waals surface area contributed by atoms with Crippen LogP contribution in [0.15, 0.2) is 66.7 Å². The van der Waals surface area contributed by atoms with Gasteiger partial charge in [0.05, 0.1) is 32.2 Å². The molecule has 0 saturated heterocycles. The monoisotopic (exact) mass is 448 g/mol. The second-order valence-corrected chi connectivity index (χ2v) is 7.03. The first-order chi connectivity index (χ1) is 16.0. The van der Waals surface area contributed by atoms with E-state index in [0.717, 1.165) is 11.1 Å². The number of methoxy groups -OCH3 is 2. The van der Waals surface area contributed by atoms with Crippen molar-refractivity contribution in [1.29, 1.82) is 0 Å². The van der Waals surface area contributed by atoms with E-state index in [1.54, 1.807) is 44.6 Å². The molecule has 3 rings (SSSR count). The summed E-state index contributed by atoms with van der Waals surface area (Å²) in [5.74, 6) is 1.98. The van der Waals surface area contributed by atoms with Crippen LogP contribution in [0.2, 0.25) is 0 Å². The van der Waals surface area contributed by atoms with Gasteiger partial charge in [-0.05, 0) is 36.3 Å². The van der Waals surface area contributed by atoms with Gasteiger partial charge < -0.3 is 30.0 Å². The lowest BCUT2D eigenvalue weighted by Crippen LogP contribution is -2.09. The number of anilines is 2. The summed E-state index contributed by atoms with van der Waals surface area (Å²) >= 11 is 0. The Kier molecular flexibility index (Phi) is 8.18. The number of nitrogens with two attached hydrogens (primary N) is 1. The molecule has 0 unspecified atom stereocenters. The summed E-state index contributed by atoms with van der Waals surface area (Å²) in [7, 11) is 3.14. The molecule has 7 heteroatoms. The van der Waals surface area contributed by atoms with E-state index in [-0.39, 0.29) is 5.91 Å². The van der Waals surface area contributed by atoms with Crippen molar-refractivity contribution in [3.63, 3.8) is 0 Å². The summed E-state index contributed by atoms with van der Waals surface area (Å²) in [5.41, 5.74) is 8.81. The lowest BCUT2D eigenvalue weighted by atomic mass is 10.1. The van der Waals surface area contributed by atoms with Crippen molar-refractivity contribution in [3.8, 4) is 23.0 Å². The molecule has 0 aliphatic heterocycles. The molecule has 172 valence electrons. The largest absolute Gasteiger partial charge is 0.493 e. The minimum atomic E-state index is -0.251. The quantitative estimate of drug-likeness (QED) is 0.338. The Balaban J connectivity index is 1.60. The summed E-state index contributed by atoms with van der Waals surface area (Å²) in [6.07, 6.45) is 3.21. The summed E-state index contributed by atoms with van der Waals surface area (Å²) in [4.78, 5) is 12.1. The molecule has 0 aliphatic carbocycles. The highest BCUT2D eigenvalue weighted by atomic mass is 16.5. The third-order valence-electron chi connectivity index (χ3n) is 4.75. The smallest absolute Gasteiger partial charge is 0.248 e. The van der Waals surface area contributed by atoms with Crippen LogP contribution in [-0.4, -0.2) is 26.7 Å². The summed E-state index contributed by atoms with van der Waals surface area (Å²) in [6.45, 7) is 2.75. The first-order valence-electron chi connectivity index (χ1n) is 10.5. The molecule has 33 heavy (non-hydrogen) atoms. The van der Waals surface area contributed by atoms with Gasteiger partial charge in [0.2, 0.25) is 11.7 Å². The van der Waals surface area contributed by atoms with E-state index in [1.165, 1.54) is 6.08 Å². The third-order valence-corrected chi connectivity index (χ3v) is 4.75. The number of ether oxygens (including phenoxy) is 4. The van der Waals surface area contributed by atoms with Gasteiger partial charge in [-0.1, -0.05) is 36.4 Å². The second-order valence-electron chi connectivity index (χ2n) is 7.03. The first-order valence-corrected chi connectivity index (χ1v) is 10.5. The maximum Gasteiger partial charge on any atom is 0.248 e. The van der Waals surface area contributed by atoms with Gasteiger partial charge in [-0.3, -0.25) is 4.79 Å². The van der Waals surface area contributed by atoms with Crippen molar-refractivity contribution in [1.82, 2.24) is 0 Å². The molecule has 3 aromatic rings. The fraction of sp³-hybridized carbons (Fsp3) is 0.192. The zero-order chi connectivity index (χ0) is 23.6. The van der Waals surface area contributed by atoms with Crippen molar-refractivity contribution in [2.24, 2.45) is 0 Å². The van der Waals surface area contributed by atoms with Crippen LogP contribution in [-0.2, 0) is 11.4 Å². The van der Waals surface area contributed by atoms with Crippen LogP contribution in [0.5, 0.6) is 23.0 Å². The Morgan fingerprint density at radius 3 is 2.36 bits per heavy atom. The van der Waals surface area contributed by atoms with E-state index in [1.807, 2.05) is 43.3 Å². The molecule has 0 aliphatic rings. The number of carbonyl (C=O) groups is 1. The fourth-order valence-corrected chi connectivity index (χ4v) is 3.10. The fourth-order valence-electron chi connectivity index (χ4n) is 3.10. The number of amides is 1. The SMILES string of the molecule is CCOc1cc(OCc2ccc(/C=C/C(=O)Nc3ccccc3N)cc2)cc(OC)c1OC. The summed E-state index contributed by atoms with van der Waals surface area (Å²) in [6, 6.07) is 18.4. The van der Waals surface area contributed by atoms with Gasteiger partial charge in [-0.2, -0.15) is 0 Å². The highest BCUT2D eigenvalue weighted by Gasteiger charge is 2.14. The molecule has 0 spiro atoms. The number of para-hydroxylation sites is 2. The molecule has 0 radical (unpaired) electrons. The standard InChI is InChI=1S/C26H28N2O5/c1-4-32-24-16-20(15-23(30-2)26(24)31-3)33-17-19-11-9-18(10-12-19)13-14-25(29)28-22-8-6-5-7-21(22)27/h5-16H,4,17,27H2,1-3H3,(H,28,29)/b14-13+. The van der Waals surface area contributed by atoms with Crippen LogP contribution >= 0.6 is 0 Å². The van der Waals surface area contributed by atoms with Crippen LogP contribution in [0.1, 0.15) is 18.1 Å². The van der Waals surface area contributed by atoms with E-state index in [4.69, 9.17) is 24.7 Å². The zero-order valence-corrected chi connectivity index (χ0v) is 19.0. The van der Waals surface area contributed by atoms with Crippen LogP contribution in [0.3, 0.4) is 0 Å². The molecule has 0 saturated carbocycles. The van der Waals surface area contributed by atoms with E-state index in [2.05, 4.69) is 5.32 Å². The summed E-state index contributed by atoms with van der Waals surface area (Å²) < 4.78 is 22.3. The van der Waals surface area contributed by atoms with Crippen molar-refractivity contribution in [2.75, 3.05) is 31.9 Å². The van der Waals surface area contributed by atoms with Crippen LogP contribution < -0.4 is 30.0 Å². The maximum atomic E-state index is 12.1. The minimum Gasteiger partial charge on any atom is -0.493 e. The van der Waals surface area contributed by atoms with Gasteiger partial charge in [0.15, 0.2) is 11.5 Å². The molecule has 3 aromatic carbocycles. The van der Waals surface area contributed by atoms with E-state index in [0.29, 0.717) is 47.6 Å². The molecular formula is C26H28N2O5. The summed E-state index contributed by atoms with van der Waals surface area (Å²) in [5, 5.41) is 2.76. The average Bonchev–Trinajstić information content (AvgIpc) is 2.83. The molecule has 0 atom stereocenters. The third kappa shape index (κ3) is 6.43. The Morgan fingerprint density at radius 2 is 1.70 bits per heavy atom. The van der Waals surface area contributed by atoms with Gasteiger partial charge >= 0.3 is 0 Å². The number of hydrogen-bond acceptors (Lipinski definition) is 6. The van der Waals surface area contributed by atoms with E-state index >= 15 is 0 Å². The molecule has 3 N–H and O–H groups in total. The number of nitrogen functional groups attached to an aromatic ring is 1. The van der Waals surface area contributed by atoms with E-state index < -0.39 is 0 Å². The van der Waals surface area contributed by atoms with Crippen LogP contribution in [0.25, 0.3) is 6.08 Å². The topological polar surface area (TPSA) is 92.0 Å². The van der Waals surface area contributed by atoms with Crippen molar-refractivity contribution < 1.29 is 23.7 Å². The predicted molar refractivity (Wildman–Crippen MR) is 130 cm³/mol. The molecule has 0 heterocycles. The first kappa shape index (κ1) is 23.5. The number of nitrogens with one attached hydrogen (secondary N) is 1. The molecule has 0 fully saturated rings. The van der Waals surface area contributed by atoms with Gasteiger partial charge in [0.25, 0.3) is 0 Å². The Morgan fingerprint density at radius 1 is 0.970 bits per heavy atom. The Bertz CT molecular complexity index is 1110. The molecular weight excluding hydrogens is 420 g/mol. The number of carbonyl (C=O) groups excluding carboxylic acids is 1. The Labute approximate surface area is 193 Å². The zero-order valence-electron chi connectivity index (χ0n) is 19.0. The number of rotatable bonds is 10. The number of benzene rings is 3. The number of hydrogen-bond donors (Lipinski definition) is 2. The molecule has 0 bridgehead atoms. The van der Waals surface area contributed by atoms with Gasteiger partial charge in [-0.15, -0.1) is 0 Å². The van der Waals surface area contributed by atoms with Crippen LogP contribution in [0.4, 0.5) is 11.4 Å². The second kappa shape index (κ2) is 11.5. The lowest BCUT2D eigenvalue weighted by Gasteiger charge is -2.15. The molecule has 0 aromatic heterocycles. The van der Waals surface area contributed by atoms with Crippen LogP contribution in [0, 0.1) is 0 Å². The van der Waals surface area contributed by atoms with Gasteiger partial charge in [-0.25, -0.2) is 0 Å². The Hall–Kier alpha value is -4.13. The van der Waals surface area contributed by atoms with Crippen molar-refractivity contribution >= 4 is 23.4 Å². The molecule has 1 amide bonds. The highest BCUT2D eigenvalue weighted by Crippen LogP contribution is 2.41. The van der Waals surface area contributed by atoms with Crippen molar-refractivity contribution in [3.05, 3.63) is 77.9 Å². The lowest BCUT2D eigenvalue weighted by molar-refractivity contribution is -0.111. The van der Waals surface area contributed by atoms with Gasteiger partial charge in [0.1, 0.15) is 12.4 Å². The predicted octanol–water partition coefficient (Wildman–Crippen LogP) is 4.92. The minimum absolute atomic E-state index is 0.251. The molecule has 7 nitrogen and oxygen atoms in total. The van der Waals surface area contributed by atoms with E-state index in [9.17, 15) is 4.79 Å². The average molecular weight is 449 g/mol. The normalized spacial score (nSPS) is 10.6. The maximum absolute atomic E-state index is 12.1.